The summed E-state index contributed by atoms with van der Waals surface area (Å²) < 4.78 is 10.1. The molecule has 1 amide bonds. The van der Waals surface area contributed by atoms with Crippen LogP contribution in [-0.4, -0.2) is 36.0 Å². The van der Waals surface area contributed by atoms with Crippen LogP contribution in [0.3, 0.4) is 0 Å². The first-order chi connectivity index (χ1) is 11.6. The van der Waals surface area contributed by atoms with E-state index in [1.165, 1.54) is 12.5 Å². The van der Waals surface area contributed by atoms with E-state index < -0.39 is 29.7 Å². The molecule has 2 aliphatic carbocycles. The number of fused-ring (bicyclic) bond motifs is 1. The first kappa shape index (κ1) is 19.3. The fourth-order valence-electron chi connectivity index (χ4n) is 4.02. The molecule has 7 heteroatoms. The third-order valence-electron chi connectivity index (χ3n) is 5.07. The van der Waals surface area contributed by atoms with E-state index in [2.05, 4.69) is 18.3 Å². The zero-order valence-corrected chi connectivity index (χ0v) is 15.2. The standard InChI is InChI=1S/C18H27NO6/c1-10(2)16(24-12(4)20)25-17(23)19-9-18(8-15(21)22)7-13-5-11(3)6-14(13)18/h6,10,13-14,16H,5,7-9H2,1-4H3,(H,19,23)(H,21,22)/t13-,14-,16-,18-/m0/s1. The average Bonchev–Trinajstić information content (AvgIpc) is 2.78. The van der Waals surface area contributed by atoms with Gasteiger partial charge in [0.05, 0.1) is 6.42 Å². The van der Waals surface area contributed by atoms with Crippen LogP contribution >= 0.6 is 0 Å². The highest BCUT2D eigenvalue weighted by molar-refractivity contribution is 5.70. The lowest BCUT2D eigenvalue weighted by Gasteiger charge is -2.51. The second kappa shape index (κ2) is 7.45. The van der Waals surface area contributed by atoms with Crippen molar-refractivity contribution in [1.82, 2.24) is 5.32 Å². The highest BCUT2D eigenvalue weighted by Gasteiger charge is 2.55. The number of amides is 1. The number of carboxylic acid groups (broad SMARTS) is 1. The van der Waals surface area contributed by atoms with E-state index in [0.717, 1.165) is 12.8 Å². The van der Waals surface area contributed by atoms with E-state index >= 15 is 0 Å². The van der Waals surface area contributed by atoms with Gasteiger partial charge in [-0.2, -0.15) is 0 Å². The molecule has 140 valence electrons. The highest BCUT2D eigenvalue weighted by atomic mass is 16.7. The molecule has 2 N–H and O–H groups in total. The van der Waals surface area contributed by atoms with Gasteiger partial charge in [0.2, 0.25) is 0 Å². The first-order valence-electron chi connectivity index (χ1n) is 8.64. The summed E-state index contributed by atoms with van der Waals surface area (Å²) in [5.41, 5.74) is 0.807. The number of hydrogen-bond donors (Lipinski definition) is 2. The van der Waals surface area contributed by atoms with E-state index in [9.17, 15) is 19.5 Å². The Bertz CT molecular complexity index is 584. The van der Waals surface area contributed by atoms with Crippen LogP contribution in [0.4, 0.5) is 4.79 Å². The second-order valence-corrected chi connectivity index (χ2v) is 7.62. The van der Waals surface area contributed by atoms with Crippen LogP contribution in [0, 0.1) is 23.2 Å². The van der Waals surface area contributed by atoms with E-state index in [4.69, 9.17) is 9.47 Å². The SMILES string of the molecule is CC(=O)O[C@@H](OC(=O)NC[C@@]1(CC(=O)O)C[C@@H]2CC(C)=C[C@@H]21)C(C)C. The maximum atomic E-state index is 12.1. The smallest absolute Gasteiger partial charge is 0.410 e. The molecule has 0 aromatic carbocycles. The van der Waals surface area contributed by atoms with Gasteiger partial charge in [0, 0.05) is 24.8 Å². The fourth-order valence-corrected chi connectivity index (χ4v) is 4.02. The number of alkyl carbamates (subject to hydrolysis) is 1. The second-order valence-electron chi connectivity index (χ2n) is 7.62. The molecule has 25 heavy (non-hydrogen) atoms. The maximum absolute atomic E-state index is 12.1. The molecule has 0 aromatic rings. The molecule has 0 heterocycles. The predicted octanol–water partition coefficient (Wildman–Crippen LogP) is 2.71. The van der Waals surface area contributed by atoms with Crippen LogP contribution in [0.2, 0.25) is 0 Å². The molecule has 0 radical (unpaired) electrons. The lowest BCUT2D eigenvalue weighted by molar-refractivity contribution is -0.172. The van der Waals surface area contributed by atoms with Crippen molar-refractivity contribution in [2.75, 3.05) is 6.54 Å². The Labute approximate surface area is 147 Å². The zero-order valence-electron chi connectivity index (χ0n) is 15.2. The number of hydrogen-bond acceptors (Lipinski definition) is 5. The van der Waals surface area contributed by atoms with Crippen LogP contribution in [0.5, 0.6) is 0 Å². The minimum absolute atomic E-state index is 0.00970. The van der Waals surface area contributed by atoms with Crippen LogP contribution in [0.1, 0.15) is 47.0 Å². The van der Waals surface area contributed by atoms with Crippen molar-refractivity contribution in [3.63, 3.8) is 0 Å². The van der Waals surface area contributed by atoms with Crippen LogP contribution in [0.25, 0.3) is 0 Å². The number of nitrogens with one attached hydrogen (secondary N) is 1. The molecular formula is C18H27NO6. The number of esters is 1. The summed E-state index contributed by atoms with van der Waals surface area (Å²) in [6.07, 6.45) is 2.26. The summed E-state index contributed by atoms with van der Waals surface area (Å²) in [6, 6.07) is 0. The topological polar surface area (TPSA) is 102 Å². The van der Waals surface area contributed by atoms with Crippen molar-refractivity contribution in [2.45, 2.75) is 53.2 Å². The van der Waals surface area contributed by atoms with Gasteiger partial charge in [0.15, 0.2) is 0 Å². The Morgan fingerprint density at radius 1 is 1.36 bits per heavy atom. The number of carbonyl (C=O) groups excluding carboxylic acids is 2. The summed E-state index contributed by atoms with van der Waals surface area (Å²) in [5, 5.41) is 11.9. The zero-order chi connectivity index (χ0) is 18.8. The Balaban J connectivity index is 1.95. The number of carbonyl (C=O) groups is 3. The average molecular weight is 353 g/mol. The van der Waals surface area contributed by atoms with E-state index in [-0.39, 0.29) is 24.8 Å². The predicted molar refractivity (Wildman–Crippen MR) is 89.5 cm³/mol. The van der Waals surface area contributed by atoms with Crippen molar-refractivity contribution < 1.29 is 29.0 Å². The quantitative estimate of drug-likeness (QED) is 0.414. The normalized spacial score (nSPS) is 28.4. The lowest BCUT2D eigenvalue weighted by Crippen LogP contribution is -2.53. The van der Waals surface area contributed by atoms with Gasteiger partial charge in [-0.1, -0.05) is 25.5 Å². The van der Waals surface area contributed by atoms with Gasteiger partial charge in [0.1, 0.15) is 0 Å². The molecule has 4 atom stereocenters. The van der Waals surface area contributed by atoms with Crippen molar-refractivity contribution in [1.29, 1.82) is 0 Å². The van der Waals surface area contributed by atoms with Crippen LogP contribution in [0.15, 0.2) is 11.6 Å². The van der Waals surface area contributed by atoms with E-state index in [1.54, 1.807) is 13.8 Å². The largest absolute Gasteiger partial charge is 0.481 e. The molecule has 2 rings (SSSR count). The fraction of sp³-hybridized carbons (Fsp3) is 0.722. The minimum Gasteiger partial charge on any atom is -0.481 e. The lowest BCUT2D eigenvalue weighted by atomic mass is 9.53. The summed E-state index contributed by atoms with van der Waals surface area (Å²) in [7, 11) is 0. The van der Waals surface area contributed by atoms with Gasteiger partial charge in [0.25, 0.3) is 6.29 Å². The van der Waals surface area contributed by atoms with Gasteiger partial charge >= 0.3 is 18.0 Å². The minimum atomic E-state index is -0.962. The number of ether oxygens (including phenoxy) is 2. The molecule has 2 aliphatic rings. The number of carboxylic acids is 1. The molecule has 0 spiro atoms. The van der Waals surface area contributed by atoms with Gasteiger partial charge in [-0.25, -0.2) is 4.79 Å². The van der Waals surface area contributed by atoms with Crippen molar-refractivity contribution in [3.8, 4) is 0 Å². The van der Waals surface area contributed by atoms with Gasteiger partial charge in [-0.05, 0) is 31.6 Å². The Morgan fingerprint density at radius 3 is 2.56 bits per heavy atom. The first-order valence-corrected chi connectivity index (χ1v) is 8.64. The molecule has 1 saturated carbocycles. The highest BCUT2D eigenvalue weighted by Crippen LogP contribution is 2.59. The molecule has 0 saturated heterocycles. The van der Waals surface area contributed by atoms with Crippen LogP contribution < -0.4 is 5.32 Å². The summed E-state index contributed by atoms with van der Waals surface area (Å²) >= 11 is 0. The Hall–Kier alpha value is -2.05. The third-order valence-corrected chi connectivity index (χ3v) is 5.07. The maximum Gasteiger partial charge on any atom is 0.410 e. The van der Waals surface area contributed by atoms with Crippen molar-refractivity contribution in [3.05, 3.63) is 11.6 Å². The monoisotopic (exact) mass is 353 g/mol. The summed E-state index contributed by atoms with van der Waals surface area (Å²) in [6.45, 7) is 7.08. The molecule has 0 aliphatic heterocycles. The summed E-state index contributed by atoms with van der Waals surface area (Å²) in [5.74, 6) is -0.926. The van der Waals surface area contributed by atoms with E-state index in [1.807, 2.05) is 0 Å². The van der Waals surface area contributed by atoms with E-state index in [0.29, 0.717) is 5.92 Å². The molecule has 0 unspecified atom stereocenters. The summed E-state index contributed by atoms with van der Waals surface area (Å²) in [4.78, 5) is 34.5. The Kier molecular flexibility index (Phi) is 5.75. The Morgan fingerprint density at radius 2 is 2.04 bits per heavy atom. The third kappa shape index (κ3) is 4.52. The van der Waals surface area contributed by atoms with Gasteiger partial charge in [-0.3, -0.25) is 9.59 Å². The molecular weight excluding hydrogens is 326 g/mol. The van der Waals surface area contributed by atoms with Crippen LogP contribution in [-0.2, 0) is 19.1 Å². The number of allylic oxidation sites excluding steroid dienone is 2. The molecule has 0 aromatic heterocycles. The van der Waals surface area contributed by atoms with Crippen molar-refractivity contribution >= 4 is 18.0 Å². The van der Waals surface area contributed by atoms with Gasteiger partial charge in [-0.15, -0.1) is 0 Å². The molecule has 7 nitrogen and oxygen atoms in total. The van der Waals surface area contributed by atoms with Crippen molar-refractivity contribution in [2.24, 2.45) is 23.2 Å². The number of rotatable bonds is 7. The molecule has 1 fully saturated rings. The van der Waals surface area contributed by atoms with Gasteiger partial charge < -0.3 is 19.9 Å². The molecule has 0 bridgehead atoms. The number of aliphatic carboxylic acids is 1.